The second-order valence-corrected chi connectivity index (χ2v) is 3.88. The number of ketones is 1. The first-order valence-electron chi connectivity index (χ1n) is 4.99. The molecule has 0 heterocycles. The predicted molar refractivity (Wildman–Crippen MR) is 59.6 cm³/mol. The molecule has 4 heteroatoms. The van der Waals surface area contributed by atoms with Gasteiger partial charge >= 0.3 is 0 Å². The highest BCUT2D eigenvalue weighted by Gasteiger charge is 2.36. The monoisotopic (exact) mass is 224 g/mol. The summed E-state index contributed by atoms with van der Waals surface area (Å²) in [6.45, 7) is 2.67. The SMILES string of the molecule is COc1ccc(C(=O)[C@@](C)(O)[C@H](C)O)cc1. The number of aliphatic hydroxyl groups excluding tert-OH is 1. The van der Waals surface area contributed by atoms with E-state index >= 15 is 0 Å². The molecule has 0 saturated heterocycles. The van der Waals surface area contributed by atoms with Gasteiger partial charge in [0, 0.05) is 5.56 Å². The van der Waals surface area contributed by atoms with Crippen molar-refractivity contribution in [1.29, 1.82) is 0 Å². The minimum atomic E-state index is -1.77. The van der Waals surface area contributed by atoms with E-state index in [9.17, 15) is 15.0 Å². The van der Waals surface area contributed by atoms with Gasteiger partial charge in [0.05, 0.1) is 13.2 Å². The molecule has 1 rings (SSSR count). The number of hydrogen-bond donors (Lipinski definition) is 2. The molecule has 0 amide bonds. The number of aliphatic hydroxyl groups is 2. The van der Waals surface area contributed by atoms with E-state index in [0.717, 1.165) is 0 Å². The molecule has 2 atom stereocenters. The van der Waals surface area contributed by atoms with Crippen LogP contribution in [0.4, 0.5) is 0 Å². The molecular weight excluding hydrogens is 208 g/mol. The lowest BCUT2D eigenvalue weighted by atomic mass is 9.90. The minimum absolute atomic E-state index is 0.340. The zero-order chi connectivity index (χ0) is 12.3. The average Bonchev–Trinajstić information content (AvgIpc) is 2.28. The Morgan fingerprint density at radius 2 is 1.88 bits per heavy atom. The van der Waals surface area contributed by atoms with Crippen molar-refractivity contribution in [2.24, 2.45) is 0 Å². The number of carbonyl (C=O) groups is 1. The lowest BCUT2D eigenvalue weighted by molar-refractivity contribution is -0.0309. The molecule has 0 fully saturated rings. The Morgan fingerprint density at radius 3 is 2.25 bits per heavy atom. The van der Waals surface area contributed by atoms with Crippen LogP contribution in [-0.4, -0.2) is 34.8 Å². The van der Waals surface area contributed by atoms with Crippen molar-refractivity contribution in [2.75, 3.05) is 7.11 Å². The van der Waals surface area contributed by atoms with E-state index in [2.05, 4.69) is 0 Å². The highest BCUT2D eigenvalue weighted by molar-refractivity contribution is 6.02. The molecule has 16 heavy (non-hydrogen) atoms. The van der Waals surface area contributed by atoms with E-state index < -0.39 is 17.5 Å². The number of hydrogen-bond acceptors (Lipinski definition) is 4. The lowest BCUT2D eigenvalue weighted by Crippen LogP contribution is -2.45. The summed E-state index contributed by atoms with van der Waals surface area (Å²) in [7, 11) is 1.53. The summed E-state index contributed by atoms with van der Waals surface area (Å²) in [4.78, 5) is 11.9. The van der Waals surface area contributed by atoms with Crippen LogP contribution in [0.15, 0.2) is 24.3 Å². The average molecular weight is 224 g/mol. The summed E-state index contributed by atoms with van der Waals surface area (Å²) in [6, 6.07) is 6.37. The van der Waals surface area contributed by atoms with Gasteiger partial charge in [-0.25, -0.2) is 0 Å². The fourth-order valence-corrected chi connectivity index (χ4v) is 1.22. The van der Waals surface area contributed by atoms with Crippen molar-refractivity contribution in [3.05, 3.63) is 29.8 Å². The Bertz CT molecular complexity index is 365. The zero-order valence-electron chi connectivity index (χ0n) is 9.60. The van der Waals surface area contributed by atoms with Gasteiger partial charge in [0.15, 0.2) is 5.78 Å². The zero-order valence-corrected chi connectivity index (χ0v) is 9.60. The fourth-order valence-electron chi connectivity index (χ4n) is 1.22. The second kappa shape index (κ2) is 4.63. The normalized spacial score (nSPS) is 16.3. The van der Waals surface area contributed by atoms with Crippen molar-refractivity contribution < 1.29 is 19.7 Å². The third-order valence-electron chi connectivity index (χ3n) is 2.63. The van der Waals surface area contributed by atoms with E-state index in [4.69, 9.17) is 4.74 Å². The van der Waals surface area contributed by atoms with Gasteiger partial charge in [0.2, 0.25) is 0 Å². The van der Waals surface area contributed by atoms with Gasteiger partial charge < -0.3 is 14.9 Å². The molecule has 0 spiro atoms. The maximum absolute atomic E-state index is 11.9. The van der Waals surface area contributed by atoms with Crippen LogP contribution >= 0.6 is 0 Å². The van der Waals surface area contributed by atoms with Gasteiger partial charge in [0.25, 0.3) is 0 Å². The van der Waals surface area contributed by atoms with Crippen LogP contribution in [0.2, 0.25) is 0 Å². The number of methoxy groups -OCH3 is 1. The first kappa shape index (κ1) is 12.7. The van der Waals surface area contributed by atoms with Gasteiger partial charge in [-0.15, -0.1) is 0 Å². The molecule has 0 bridgehead atoms. The fraction of sp³-hybridized carbons (Fsp3) is 0.417. The standard InChI is InChI=1S/C12H16O4/c1-8(13)12(2,15)11(14)9-4-6-10(16-3)7-5-9/h4-8,13,15H,1-3H3/t8-,12-/m0/s1. The van der Waals surface area contributed by atoms with E-state index in [0.29, 0.717) is 11.3 Å². The van der Waals surface area contributed by atoms with E-state index in [-0.39, 0.29) is 0 Å². The third-order valence-corrected chi connectivity index (χ3v) is 2.63. The minimum Gasteiger partial charge on any atom is -0.497 e. The first-order chi connectivity index (χ1) is 7.39. The van der Waals surface area contributed by atoms with Gasteiger partial charge in [-0.1, -0.05) is 0 Å². The molecule has 0 unspecified atom stereocenters. The van der Waals surface area contributed by atoms with Crippen LogP contribution in [0.1, 0.15) is 24.2 Å². The third kappa shape index (κ3) is 2.40. The Balaban J connectivity index is 2.97. The summed E-state index contributed by atoms with van der Waals surface area (Å²) in [5.41, 5.74) is -1.43. The van der Waals surface area contributed by atoms with Crippen molar-refractivity contribution in [3.8, 4) is 5.75 Å². The Hall–Kier alpha value is -1.39. The summed E-state index contributed by atoms with van der Waals surface area (Å²) >= 11 is 0. The van der Waals surface area contributed by atoms with Gasteiger partial charge in [0.1, 0.15) is 11.4 Å². The summed E-state index contributed by atoms with van der Waals surface area (Å²) in [6.07, 6.45) is -1.12. The number of ether oxygens (including phenoxy) is 1. The largest absolute Gasteiger partial charge is 0.497 e. The second-order valence-electron chi connectivity index (χ2n) is 3.88. The van der Waals surface area contributed by atoms with Crippen LogP contribution in [0.5, 0.6) is 5.75 Å². The molecule has 4 nitrogen and oxygen atoms in total. The lowest BCUT2D eigenvalue weighted by Gasteiger charge is -2.24. The van der Waals surface area contributed by atoms with E-state index in [1.165, 1.54) is 21.0 Å². The van der Waals surface area contributed by atoms with Crippen molar-refractivity contribution >= 4 is 5.78 Å². The summed E-state index contributed by atoms with van der Waals surface area (Å²) < 4.78 is 4.96. The van der Waals surface area contributed by atoms with E-state index in [1.807, 2.05) is 0 Å². The molecule has 1 aromatic rings. The number of carbonyl (C=O) groups excluding carboxylic acids is 1. The number of benzene rings is 1. The molecule has 1 aromatic carbocycles. The molecule has 0 aromatic heterocycles. The highest BCUT2D eigenvalue weighted by atomic mass is 16.5. The maximum Gasteiger partial charge on any atom is 0.196 e. The van der Waals surface area contributed by atoms with Gasteiger partial charge in [-0.2, -0.15) is 0 Å². The van der Waals surface area contributed by atoms with E-state index in [1.54, 1.807) is 24.3 Å². The van der Waals surface area contributed by atoms with Gasteiger partial charge in [-0.05, 0) is 38.1 Å². The Labute approximate surface area is 94.5 Å². The van der Waals surface area contributed by atoms with Crippen LogP contribution in [0.25, 0.3) is 0 Å². The topological polar surface area (TPSA) is 66.8 Å². The molecule has 0 aliphatic rings. The highest BCUT2D eigenvalue weighted by Crippen LogP contribution is 2.19. The van der Waals surface area contributed by atoms with Crippen molar-refractivity contribution in [3.63, 3.8) is 0 Å². The molecule has 0 aliphatic heterocycles. The summed E-state index contributed by atoms with van der Waals surface area (Å²) in [5.74, 6) is 0.124. The molecular formula is C12H16O4. The van der Waals surface area contributed by atoms with Crippen molar-refractivity contribution in [2.45, 2.75) is 25.6 Å². The Kier molecular flexibility index (Phi) is 3.67. The van der Waals surface area contributed by atoms with Crippen molar-refractivity contribution in [1.82, 2.24) is 0 Å². The molecule has 2 N–H and O–H groups in total. The van der Waals surface area contributed by atoms with Gasteiger partial charge in [-0.3, -0.25) is 4.79 Å². The van der Waals surface area contributed by atoms with Crippen LogP contribution < -0.4 is 4.74 Å². The van der Waals surface area contributed by atoms with Crippen LogP contribution in [0.3, 0.4) is 0 Å². The Morgan fingerprint density at radius 1 is 1.38 bits per heavy atom. The molecule has 0 saturated carbocycles. The smallest absolute Gasteiger partial charge is 0.196 e. The molecule has 88 valence electrons. The number of rotatable bonds is 4. The predicted octanol–water partition coefficient (Wildman–Crippen LogP) is 1.01. The van der Waals surface area contributed by atoms with Crippen LogP contribution in [0, 0.1) is 0 Å². The quantitative estimate of drug-likeness (QED) is 0.749. The molecule has 0 aliphatic carbocycles. The van der Waals surface area contributed by atoms with Crippen LogP contribution in [-0.2, 0) is 0 Å². The maximum atomic E-state index is 11.9. The first-order valence-corrected chi connectivity index (χ1v) is 4.99. The molecule has 0 radical (unpaired) electrons. The summed E-state index contributed by atoms with van der Waals surface area (Å²) in [5, 5.41) is 19.1. The number of Topliss-reactive ketones (excluding diaryl/α,β-unsaturated/α-hetero) is 1.